The van der Waals surface area contributed by atoms with E-state index in [0.29, 0.717) is 0 Å². The van der Waals surface area contributed by atoms with Crippen LogP contribution in [0.4, 0.5) is 0 Å². The van der Waals surface area contributed by atoms with E-state index in [1.54, 1.807) is 27.7 Å². The maximum Gasteiger partial charge on any atom is 0.304 e. The van der Waals surface area contributed by atoms with Gasteiger partial charge in [0.1, 0.15) is 23.1 Å². The van der Waals surface area contributed by atoms with Gasteiger partial charge >= 0.3 is 23.9 Å². The summed E-state index contributed by atoms with van der Waals surface area (Å²) in [7, 11) is 0. The van der Waals surface area contributed by atoms with E-state index in [0.717, 1.165) is 0 Å². The molecule has 0 aromatic carbocycles. The standard InChI is InChI=1S/2C9H14O4.C4H6O4/c2*1-3-7(10)6(5-9(12)13)8(11)4-2;5-3(6)1-2-4(7)8/h2*6H,3-5H2,1-2H3,(H,12,13);1-2H2,(H,5,6)(H,7,8). The molecule has 0 rings (SSSR count). The van der Waals surface area contributed by atoms with E-state index in [9.17, 15) is 38.4 Å². The normalized spacial score (nSPS) is 9.71. The summed E-state index contributed by atoms with van der Waals surface area (Å²) < 4.78 is 0. The minimum absolute atomic E-state index is 0.212. The van der Waals surface area contributed by atoms with Gasteiger partial charge in [0, 0.05) is 25.7 Å². The van der Waals surface area contributed by atoms with Gasteiger partial charge in [-0.15, -0.1) is 0 Å². The lowest BCUT2D eigenvalue weighted by Gasteiger charge is -2.09. The number of aliphatic carboxylic acids is 4. The van der Waals surface area contributed by atoms with Crippen LogP contribution >= 0.6 is 0 Å². The largest absolute Gasteiger partial charge is 0.481 e. The van der Waals surface area contributed by atoms with Gasteiger partial charge < -0.3 is 20.4 Å². The van der Waals surface area contributed by atoms with Gasteiger partial charge in [-0.1, -0.05) is 27.7 Å². The summed E-state index contributed by atoms with van der Waals surface area (Å²) >= 11 is 0. The third-order valence-corrected chi connectivity index (χ3v) is 4.26. The molecule has 194 valence electrons. The Labute approximate surface area is 197 Å². The predicted octanol–water partition coefficient (Wildman–Crippen LogP) is 2.01. The number of carbonyl (C=O) groups is 8. The first-order chi connectivity index (χ1) is 15.7. The van der Waals surface area contributed by atoms with Crippen LogP contribution in [0.3, 0.4) is 0 Å². The predicted molar refractivity (Wildman–Crippen MR) is 117 cm³/mol. The average molecular weight is 491 g/mol. The zero-order valence-corrected chi connectivity index (χ0v) is 19.9. The number of ketones is 4. The number of hydrogen-bond donors (Lipinski definition) is 4. The van der Waals surface area contributed by atoms with Gasteiger partial charge in [0.25, 0.3) is 0 Å². The minimum Gasteiger partial charge on any atom is -0.481 e. The molecule has 12 heteroatoms. The molecule has 0 bridgehead atoms. The monoisotopic (exact) mass is 490 g/mol. The van der Waals surface area contributed by atoms with Crippen LogP contribution in [-0.4, -0.2) is 67.4 Å². The number of carbonyl (C=O) groups excluding carboxylic acids is 4. The molecule has 0 heterocycles. The first kappa shape index (κ1) is 35.2. The molecule has 34 heavy (non-hydrogen) atoms. The van der Waals surface area contributed by atoms with Crippen LogP contribution in [0.2, 0.25) is 0 Å². The zero-order valence-electron chi connectivity index (χ0n) is 19.9. The summed E-state index contributed by atoms with van der Waals surface area (Å²) in [6.07, 6.45) is -0.496. The highest BCUT2D eigenvalue weighted by atomic mass is 16.4. The Morgan fingerprint density at radius 1 is 0.441 bits per heavy atom. The molecule has 0 atom stereocenters. The van der Waals surface area contributed by atoms with Crippen molar-refractivity contribution >= 4 is 47.0 Å². The van der Waals surface area contributed by atoms with Crippen LogP contribution < -0.4 is 0 Å². The van der Waals surface area contributed by atoms with Gasteiger partial charge in [-0.25, -0.2) is 0 Å². The molecule has 0 aromatic heterocycles. The van der Waals surface area contributed by atoms with Gasteiger partial charge in [-0.3, -0.25) is 38.4 Å². The molecule has 0 aliphatic carbocycles. The molecule has 0 aliphatic heterocycles. The molecular formula is C22H34O12. The molecule has 0 unspecified atom stereocenters. The van der Waals surface area contributed by atoms with Crippen molar-refractivity contribution in [1.82, 2.24) is 0 Å². The SMILES string of the molecule is CCC(=O)C(CC(=O)O)C(=O)CC.CCC(=O)C(CC(=O)O)C(=O)CC.O=C(O)CCC(=O)O. The molecule has 4 N–H and O–H groups in total. The first-order valence-corrected chi connectivity index (χ1v) is 10.7. The van der Waals surface area contributed by atoms with Gasteiger partial charge in [0.2, 0.25) is 0 Å². The molecule has 0 saturated carbocycles. The lowest BCUT2D eigenvalue weighted by Crippen LogP contribution is -2.25. The van der Waals surface area contributed by atoms with Crippen LogP contribution in [0.1, 0.15) is 79.1 Å². The summed E-state index contributed by atoms with van der Waals surface area (Å²) in [5.41, 5.74) is 0. The second-order valence-electron chi connectivity index (χ2n) is 6.87. The second-order valence-corrected chi connectivity index (χ2v) is 6.87. The van der Waals surface area contributed by atoms with E-state index in [2.05, 4.69) is 0 Å². The van der Waals surface area contributed by atoms with Crippen LogP contribution in [0.25, 0.3) is 0 Å². The van der Waals surface area contributed by atoms with Crippen LogP contribution in [0.15, 0.2) is 0 Å². The van der Waals surface area contributed by atoms with Crippen molar-refractivity contribution in [2.75, 3.05) is 0 Å². The van der Waals surface area contributed by atoms with Gasteiger partial charge in [-0.2, -0.15) is 0 Å². The van der Waals surface area contributed by atoms with Crippen molar-refractivity contribution in [2.45, 2.75) is 79.1 Å². The van der Waals surface area contributed by atoms with Crippen molar-refractivity contribution in [2.24, 2.45) is 11.8 Å². The molecular weight excluding hydrogens is 456 g/mol. The van der Waals surface area contributed by atoms with Gasteiger partial charge in [0.05, 0.1) is 37.5 Å². The molecule has 0 amide bonds. The van der Waals surface area contributed by atoms with Crippen molar-refractivity contribution < 1.29 is 58.8 Å². The summed E-state index contributed by atoms with van der Waals surface area (Å²) in [4.78, 5) is 84.6. The molecule has 0 fully saturated rings. The Morgan fingerprint density at radius 3 is 0.765 bits per heavy atom. The summed E-state index contributed by atoms with van der Waals surface area (Å²) in [5, 5.41) is 32.7. The van der Waals surface area contributed by atoms with Crippen LogP contribution in [0, 0.1) is 11.8 Å². The average Bonchev–Trinajstić information content (AvgIpc) is 2.78. The molecule has 12 nitrogen and oxygen atoms in total. The lowest BCUT2D eigenvalue weighted by molar-refractivity contribution is -0.144. The summed E-state index contributed by atoms with van der Waals surface area (Å²) in [5.74, 6) is -7.37. The Balaban J connectivity index is -0.000000438. The Morgan fingerprint density at radius 2 is 0.647 bits per heavy atom. The summed E-state index contributed by atoms with van der Waals surface area (Å²) in [6.45, 7) is 6.50. The van der Waals surface area contributed by atoms with E-state index in [4.69, 9.17) is 20.4 Å². The third kappa shape index (κ3) is 19.3. The second kappa shape index (κ2) is 20.2. The Hall–Kier alpha value is -3.44. The van der Waals surface area contributed by atoms with E-state index in [1.807, 2.05) is 0 Å². The first-order valence-electron chi connectivity index (χ1n) is 10.7. The fraction of sp³-hybridized carbons (Fsp3) is 0.636. The molecule has 0 spiro atoms. The Kier molecular flexibility index (Phi) is 20.9. The van der Waals surface area contributed by atoms with Crippen LogP contribution in [-0.2, 0) is 38.4 Å². The van der Waals surface area contributed by atoms with Gasteiger partial charge in [0.15, 0.2) is 0 Å². The quantitative estimate of drug-likeness (QED) is 0.242. The van der Waals surface area contributed by atoms with E-state index in [-0.39, 0.29) is 74.5 Å². The number of Topliss-reactive ketones (excluding diaryl/α,β-unsaturated/α-hetero) is 4. The number of carboxylic acids is 4. The summed E-state index contributed by atoms with van der Waals surface area (Å²) in [6, 6.07) is 0. The maximum absolute atomic E-state index is 11.2. The number of rotatable bonds is 15. The topological polar surface area (TPSA) is 217 Å². The van der Waals surface area contributed by atoms with Crippen molar-refractivity contribution in [3.8, 4) is 0 Å². The number of hydrogen-bond acceptors (Lipinski definition) is 8. The highest BCUT2D eigenvalue weighted by Crippen LogP contribution is 2.11. The van der Waals surface area contributed by atoms with E-state index in [1.165, 1.54) is 0 Å². The highest BCUT2D eigenvalue weighted by molar-refractivity contribution is 6.04. The highest BCUT2D eigenvalue weighted by Gasteiger charge is 2.26. The lowest BCUT2D eigenvalue weighted by atomic mass is 9.92. The van der Waals surface area contributed by atoms with Crippen molar-refractivity contribution in [3.05, 3.63) is 0 Å². The molecule has 0 aromatic rings. The number of carboxylic acid groups (broad SMARTS) is 4. The van der Waals surface area contributed by atoms with Crippen LogP contribution in [0.5, 0.6) is 0 Å². The van der Waals surface area contributed by atoms with Crippen molar-refractivity contribution in [3.63, 3.8) is 0 Å². The smallest absolute Gasteiger partial charge is 0.304 e. The fourth-order valence-corrected chi connectivity index (χ4v) is 2.36. The van der Waals surface area contributed by atoms with Gasteiger partial charge in [-0.05, 0) is 0 Å². The Bertz CT molecular complexity index is 644. The van der Waals surface area contributed by atoms with E-state index < -0.39 is 35.7 Å². The fourth-order valence-electron chi connectivity index (χ4n) is 2.36. The van der Waals surface area contributed by atoms with E-state index >= 15 is 0 Å². The third-order valence-electron chi connectivity index (χ3n) is 4.26. The maximum atomic E-state index is 11.2. The molecule has 0 radical (unpaired) electrons. The zero-order chi connectivity index (χ0) is 27.4. The van der Waals surface area contributed by atoms with Crippen molar-refractivity contribution in [1.29, 1.82) is 0 Å². The molecule has 0 aliphatic rings. The minimum atomic E-state index is -1.10. The molecule has 0 saturated heterocycles.